The lowest BCUT2D eigenvalue weighted by Gasteiger charge is -2.23. The number of carboxylic acids is 6. The molecule has 0 aromatic carbocycles. The number of hydrogen-bond acceptors (Lipinski definition) is 9. The zero-order chi connectivity index (χ0) is 29.3. The summed E-state index contributed by atoms with van der Waals surface area (Å²) in [6.45, 7) is 5.55. The highest BCUT2D eigenvalue weighted by Crippen LogP contribution is 2.25. The minimum absolute atomic E-state index is 0.301. The van der Waals surface area contributed by atoms with Crippen LogP contribution in [0.25, 0.3) is 0 Å². The molecular weight excluding hydrogens is 492 g/mol. The maximum atomic E-state index is 10.8. The summed E-state index contributed by atoms with van der Waals surface area (Å²) in [5, 5.41) is 76.4. The highest BCUT2D eigenvalue weighted by molar-refractivity contribution is 5.95. The molecule has 0 spiro atoms. The lowest BCUT2D eigenvalue weighted by Crippen LogP contribution is -2.35. The molecule has 0 aliphatic heterocycles. The zero-order valence-electron chi connectivity index (χ0n) is 20.3. The lowest BCUT2D eigenvalue weighted by atomic mass is 9.81. The summed E-state index contributed by atoms with van der Waals surface area (Å²) < 4.78 is 0. The largest absolute Gasteiger partial charge is 0.481 e. The SMILES string of the molecule is CCC(CO)C(C(=O)O)C(C)C(=O)O.CCC(CO)C(C(=O)O)C(C)C(=O)O.O=C(O)C(O)C(=O)O. The average molecular weight is 529 g/mol. The van der Waals surface area contributed by atoms with E-state index in [1.165, 1.54) is 13.8 Å². The van der Waals surface area contributed by atoms with Crippen LogP contribution in [0.1, 0.15) is 40.5 Å². The second kappa shape index (κ2) is 19.0. The topological polar surface area (TPSA) is 284 Å². The van der Waals surface area contributed by atoms with Crippen LogP contribution in [0.3, 0.4) is 0 Å². The molecule has 36 heavy (non-hydrogen) atoms. The third kappa shape index (κ3) is 13.6. The van der Waals surface area contributed by atoms with Gasteiger partial charge in [-0.1, -0.05) is 40.5 Å². The van der Waals surface area contributed by atoms with Gasteiger partial charge in [0.1, 0.15) is 0 Å². The summed E-state index contributed by atoms with van der Waals surface area (Å²) in [5.74, 6) is -13.2. The van der Waals surface area contributed by atoms with Gasteiger partial charge in [0.05, 0.1) is 23.7 Å². The Balaban J connectivity index is -0.000000472. The number of carbonyl (C=O) groups is 6. The lowest BCUT2D eigenvalue weighted by molar-refractivity contribution is -0.161. The first-order chi connectivity index (χ1) is 16.5. The monoisotopic (exact) mass is 528 g/mol. The maximum absolute atomic E-state index is 10.8. The second-order valence-corrected chi connectivity index (χ2v) is 7.76. The van der Waals surface area contributed by atoms with Gasteiger partial charge in [-0.2, -0.15) is 0 Å². The van der Waals surface area contributed by atoms with E-state index in [1.54, 1.807) is 13.8 Å². The van der Waals surface area contributed by atoms with Crippen molar-refractivity contribution in [3.05, 3.63) is 0 Å². The van der Waals surface area contributed by atoms with Crippen LogP contribution in [-0.4, -0.2) is 101 Å². The molecule has 0 saturated heterocycles. The van der Waals surface area contributed by atoms with Crippen molar-refractivity contribution in [3.63, 3.8) is 0 Å². The van der Waals surface area contributed by atoms with Crippen LogP contribution >= 0.6 is 0 Å². The standard InChI is InChI=1S/2C9H16O5.C3H4O5/c2*1-3-6(4-10)7(9(13)14)5(2)8(11)12;4-1(2(5)6)3(7)8/h2*5-7,10H,3-4H2,1-2H3,(H,11,12)(H,13,14);1,4H,(H,5,6)(H,7,8). The van der Waals surface area contributed by atoms with Gasteiger partial charge in [-0.3, -0.25) is 19.2 Å². The fourth-order valence-electron chi connectivity index (χ4n) is 3.05. The summed E-state index contributed by atoms with van der Waals surface area (Å²) in [4.78, 5) is 62.0. The van der Waals surface area contributed by atoms with Gasteiger partial charge in [0, 0.05) is 13.2 Å². The molecule has 210 valence electrons. The van der Waals surface area contributed by atoms with Crippen molar-refractivity contribution >= 4 is 35.8 Å². The molecule has 0 radical (unpaired) electrons. The molecule has 0 fully saturated rings. The molecule has 0 amide bonds. The molecule has 6 unspecified atom stereocenters. The summed E-state index contributed by atoms with van der Waals surface area (Å²) in [6, 6.07) is 0. The van der Waals surface area contributed by atoms with Crippen LogP contribution in [0, 0.1) is 35.5 Å². The van der Waals surface area contributed by atoms with Crippen molar-refractivity contribution in [2.24, 2.45) is 35.5 Å². The van der Waals surface area contributed by atoms with E-state index in [2.05, 4.69) is 0 Å². The highest BCUT2D eigenvalue weighted by Gasteiger charge is 2.36. The van der Waals surface area contributed by atoms with Gasteiger partial charge in [-0.05, 0) is 11.8 Å². The van der Waals surface area contributed by atoms with Gasteiger partial charge >= 0.3 is 35.8 Å². The van der Waals surface area contributed by atoms with Gasteiger partial charge in [-0.15, -0.1) is 0 Å². The first-order valence-electron chi connectivity index (χ1n) is 10.7. The number of hydrogen-bond donors (Lipinski definition) is 9. The van der Waals surface area contributed by atoms with Crippen molar-refractivity contribution in [3.8, 4) is 0 Å². The van der Waals surface area contributed by atoms with Gasteiger partial charge < -0.3 is 46.0 Å². The van der Waals surface area contributed by atoms with Gasteiger partial charge in [-0.25, -0.2) is 9.59 Å². The van der Waals surface area contributed by atoms with Crippen LogP contribution in [0.4, 0.5) is 0 Å². The Kier molecular flexibility index (Phi) is 19.6. The molecule has 0 saturated carbocycles. The highest BCUT2D eigenvalue weighted by atomic mass is 16.4. The van der Waals surface area contributed by atoms with E-state index >= 15 is 0 Å². The van der Waals surface area contributed by atoms with E-state index < -0.39 is 77.4 Å². The number of aliphatic carboxylic acids is 6. The molecule has 0 aromatic heterocycles. The third-order valence-corrected chi connectivity index (χ3v) is 5.43. The van der Waals surface area contributed by atoms with Crippen molar-refractivity contribution in [1.82, 2.24) is 0 Å². The second-order valence-electron chi connectivity index (χ2n) is 7.76. The van der Waals surface area contributed by atoms with Crippen molar-refractivity contribution in [2.45, 2.75) is 46.6 Å². The first kappa shape index (κ1) is 37.3. The number of rotatable bonds is 14. The van der Waals surface area contributed by atoms with Crippen LogP contribution in [0.5, 0.6) is 0 Å². The molecular formula is C21H36O15. The van der Waals surface area contributed by atoms with E-state index in [1.807, 2.05) is 0 Å². The van der Waals surface area contributed by atoms with Gasteiger partial charge in [0.25, 0.3) is 0 Å². The van der Waals surface area contributed by atoms with Gasteiger partial charge in [0.2, 0.25) is 6.10 Å². The Morgan fingerprint density at radius 3 is 0.861 bits per heavy atom. The van der Waals surface area contributed by atoms with Crippen LogP contribution in [0.15, 0.2) is 0 Å². The first-order valence-corrected chi connectivity index (χ1v) is 10.7. The fourth-order valence-corrected chi connectivity index (χ4v) is 3.05. The van der Waals surface area contributed by atoms with Crippen LogP contribution < -0.4 is 0 Å². The summed E-state index contributed by atoms with van der Waals surface area (Å²) >= 11 is 0. The molecule has 0 aliphatic carbocycles. The van der Waals surface area contributed by atoms with E-state index in [9.17, 15) is 28.8 Å². The van der Waals surface area contributed by atoms with Crippen molar-refractivity contribution < 1.29 is 74.7 Å². The molecule has 0 bridgehead atoms. The number of aliphatic hydroxyl groups excluding tert-OH is 3. The predicted octanol–water partition coefficient (Wildman–Crippen LogP) is -0.631. The molecule has 15 heteroatoms. The fraction of sp³-hybridized carbons (Fsp3) is 0.714. The Labute approximate surface area is 206 Å². The Morgan fingerprint density at radius 1 is 0.528 bits per heavy atom. The quantitative estimate of drug-likeness (QED) is 0.127. The third-order valence-electron chi connectivity index (χ3n) is 5.43. The van der Waals surface area contributed by atoms with E-state index in [0.717, 1.165) is 0 Å². The Morgan fingerprint density at radius 2 is 0.778 bits per heavy atom. The number of carboxylic acid groups (broad SMARTS) is 6. The predicted molar refractivity (Wildman–Crippen MR) is 119 cm³/mol. The molecule has 9 N–H and O–H groups in total. The van der Waals surface area contributed by atoms with Crippen molar-refractivity contribution in [2.75, 3.05) is 13.2 Å². The Hall–Kier alpha value is -3.30. The minimum Gasteiger partial charge on any atom is -0.481 e. The van der Waals surface area contributed by atoms with Crippen LogP contribution in [-0.2, 0) is 28.8 Å². The Bertz CT molecular complexity index is 667. The summed E-state index contributed by atoms with van der Waals surface area (Å²) in [5.41, 5.74) is 0. The average Bonchev–Trinajstić information content (AvgIpc) is 2.79. The van der Waals surface area contributed by atoms with E-state index in [-0.39, 0.29) is 13.2 Å². The van der Waals surface area contributed by atoms with Gasteiger partial charge in [0.15, 0.2) is 0 Å². The molecule has 15 nitrogen and oxygen atoms in total. The molecule has 0 heterocycles. The van der Waals surface area contributed by atoms with E-state index in [4.69, 9.17) is 46.0 Å². The molecule has 0 aromatic rings. The zero-order valence-corrected chi connectivity index (χ0v) is 20.3. The molecule has 6 atom stereocenters. The van der Waals surface area contributed by atoms with E-state index in [0.29, 0.717) is 12.8 Å². The van der Waals surface area contributed by atoms with Crippen molar-refractivity contribution in [1.29, 1.82) is 0 Å². The summed E-state index contributed by atoms with van der Waals surface area (Å²) in [7, 11) is 0. The summed E-state index contributed by atoms with van der Waals surface area (Å²) in [6.07, 6.45) is -1.40. The van der Waals surface area contributed by atoms with Crippen LogP contribution in [0.2, 0.25) is 0 Å². The smallest absolute Gasteiger partial charge is 0.344 e. The minimum atomic E-state index is -2.30. The maximum Gasteiger partial charge on any atom is 0.344 e. The molecule has 0 aliphatic rings. The molecule has 0 rings (SSSR count). The number of aliphatic hydroxyl groups is 3. The normalized spacial score (nSPS) is 15.3.